The predicted octanol–water partition coefficient (Wildman–Crippen LogP) is 4.84. The maximum Gasteiger partial charge on any atom is 0.264 e. The molecule has 0 radical (unpaired) electrons. The first-order chi connectivity index (χ1) is 32.4. The molecule has 1 N–H and O–H groups in total. The Bertz CT molecular complexity index is 2920. The van der Waals surface area contributed by atoms with Gasteiger partial charge < -0.3 is 24.3 Å². The minimum absolute atomic E-state index is 0.00586. The third kappa shape index (κ3) is 7.30. The Balaban J connectivity index is 0.815. The van der Waals surface area contributed by atoms with Gasteiger partial charge in [0.2, 0.25) is 17.7 Å². The zero-order chi connectivity index (χ0) is 46.2. The second-order valence-corrected chi connectivity index (χ2v) is 18.1. The van der Waals surface area contributed by atoms with E-state index in [2.05, 4.69) is 24.8 Å². The molecule has 1 unspecified atom stereocenters. The van der Waals surface area contributed by atoms with Gasteiger partial charge in [-0.2, -0.15) is 5.10 Å². The molecule has 67 heavy (non-hydrogen) atoms. The van der Waals surface area contributed by atoms with Gasteiger partial charge in [0.25, 0.3) is 24.1 Å². The van der Waals surface area contributed by atoms with Crippen molar-refractivity contribution in [2.75, 3.05) is 62.3 Å². The van der Waals surface area contributed by atoms with E-state index in [9.17, 15) is 28.8 Å². The fraction of sp³-hybridized carbons (Fsp3) is 0.417. The Hall–Kier alpha value is -7.02. The fourth-order valence-electron chi connectivity index (χ4n) is 10.7. The first-order valence-corrected chi connectivity index (χ1v) is 23.0. The average Bonchev–Trinajstić information content (AvgIpc) is 4.02. The number of fused-ring (bicyclic) bond motifs is 4. The van der Waals surface area contributed by atoms with Crippen molar-refractivity contribution in [3.63, 3.8) is 0 Å². The predicted molar refractivity (Wildman–Crippen MR) is 238 cm³/mol. The molecule has 3 saturated heterocycles. The van der Waals surface area contributed by atoms with Crippen molar-refractivity contribution in [2.24, 2.45) is 0 Å². The van der Waals surface area contributed by atoms with Crippen LogP contribution in [0.4, 0.5) is 26.1 Å². The van der Waals surface area contributed by atoms with Crippen molar-refractivity contribution in [3.05, 3.63) is 93.9 Å². The van der Waals surface area contributed by atoms with E-state index in [0.717, 1.165) is 52.6 Å². The zero-order valence-electron chi connectivity index (χ0n) is 36.9. The van der Waals surface area contributed by atoms with Gasteiger partial charge in [-0.05, 0) is 91.3 Å². The number of carbonyl (C=O) groups is 6. The number of hydrogen-bond acceptors (Lipinski definition) is 11. The SMILES string of the molecule is CC(=O)N1CCc2c(c(N3CCCc4cc(-c5ccn6c(N7CCN(C(=O)c8ccc9c(c8)C(=O)N(C8CCC(=O)NC8=O)C9=O)CC7)cnc6c5)c(C(F)F)cc43)nn2C2CCOCC2)C1. The molecule has 6 aliphatic rings. The highest BCUT2D eigenvalue weighted by molar-refractivity contribution is 6.24. The molecule has 11 rings (SSSR count). The lowest BCUT2D eigenvalue weighted by Gasteiger charge is -2.35. The first-order valence-electron chi connectivity index (χ1n) is 23.0. The van der Waals surface area contributed by atoms with E-state index in [-0.39, 0.29) is 53.0 Å². The molecule has 3 aromatic heterocycles. The summed E-state index contributed by atoms with van der Waals surface area (Å²) in [6, 6.07) is 10.6. The summed E-state index contributed by atoms with van der Waals surface area (Å²) in [5.74, 6) is -1.29. The summed E-state index contributed by atoms with van der Waals surface area (Å²) >= 11 is 0. The Labute approximate surface area is 383 Å². The molecule has 346 valence electrons. The van der Waals surface area contributed by atoms with E-state index >= 15 is 8.78 Å². The van der Waals surface area contributed by atoms with Gasteiger partial charge in [-0.3, -0.25) is 48.1 Å². The number of ether oxygens (including phenoxy) is 1. The van der Waals surface area contributed by atoms with Crippen LogP contribution in [-0.4, -0.2) is 128 Å². The number of pyridine rings is 1. The van der Waals surface area contributed by atoms with Crippen LogP contribution in [0.1, 0.15) is 105 Å². The number of halogens is 2. The van der Waals surface area contributed by atoms with E-state index in [4.69, 9.17) is 9.84 Å². The van der Waals surface area contributed by atoms with Crippen molar-refractivity contribution < 1.29 is 42.3 Å². The lowest BCUT2D eigenvalue weighted by atomic mass is 9.92. The van der Waals surface area contributed by atoms with Gasteiger partial charge in [0.1, 0.15) is 17.5 Å². The molecule has 0 spiro atoms. The van der Waals surface area contributed by atoms with Gasteiger partial charge >= 0.3 is 0 Å². The number of alkyl halides is 2. The second-order valence-electron chi connectivity index (χ2n) is 18.1. The highest BCUT2D eigenvalue weighted by atomic mass is 19.3. The molecule has 6 aliphatic heterocycles. The average molecular weight is 915 g/mol. The van der Waals surface area contributed by atoms with Gasteiger partial charge in [-0.15, -0.1) is 0 Å². The van der Waals surface area contributed by atoms with Gasteiger partial charge in [-0.1, -0.05) is 0 Å². The number of nitrogens with zero attached hydrogens (tertiary/aromatic N) is 9. The van der Waals surface area contributed by atoms with Crippen LogP contribution in [0.15, 0.2) is 54.9 Å². The van der Waals surface area contributed by atoms with Crippen molar-refractivity contribution >= 4 is 58.4 Å². The normalized spacial score (nSPS) is 20.2. The van der Waals surface area contributed by atoms with Crippen LogP contribution in [0.5, 0.6) is 0 Å². The monoisotopic (exact) mass is 914 g/mol. The number of benzene rings is 2. The summed E-state index contributed by atoms with van der Waals surface area (Å²) in [6.45, 7) is 6.17. The molecule has 0 aliphatic carbocycles. The van der Waals surface area contributed by atoms with Crippen LogP contribution in [0.2, 0.25) is 0 Å². The van der Waals surface area contributed by atoms with Gasteiger partial charge in [0.05, 0.1) is 29.9 Å². The number of piperazine rings is 1. The summed E-state index contributed by atoms with van der Waals surface area (Å²) in [4.78, 5) is 90.3. The summed E-state index contributed by atoms with van der Waals surface area (Å²) in [5, 5.41) is 7.40. The van der Waals surface area contributed by atoms with Crippen molar-refractivity contribution in [2.45, 2.75) is 76.9 Å². The summed E-state index contributed by atoms with van der Waals surface area (Å²) < 4.78 is 40.1. The molecule has 3 fully saturated rings. The molecule has 0 bridgehead atoms. The smallest absolute Gasteiger partial charge is 0.264 e. The highest BCUT2D eigenvalue weighted by Crippen LogP contribution is 2.44. The molecule has 6 amide bonds. The maximum atomic E-state index is 15.2. The van der Waals surface area contributed by atoms with E-state index in [1.807, 2.05) is 33.7 Å². The lowest BCUT2D eigenvalue weighted by Crippen LogP contribution is -2.54. The molecular formula is C48H48F2N10O7. The number of piperidine rings is 1. The Kier molecular flexibility index (Phi) is 10.6. The number of imide groups is 2. The molecular weight excluding hydrogens is 867 g/mol. The first kappa shape index (κ1) is 42.6. The zero-order valence-corrected chi connectivity index (χ0v) is 36.9. The Morgan fingerprint density at radius 2 is 1.63 bits per heavy atom. The number of carbonyl (C=O) groups excluding carboxylic acids is 6. The molecule has 0 saturated carbocycles. The Morgan fingerprint density at radius 3 is 2.39 bits per heavy atom. The number of nitrogens with one attached hydrogen (secondary N) is 1. The van der Waals surface area contributed by atoms with E-state index in [1.54, 1.807) is 24.1 Å². The summed E-state index contributed by atoms with van der Waals surface area (Å²) in [7, 11) is 0. The second kappa shape index (κ2) is 16.7. The van der Waals surface area contributed by atoms with Gasteiger partial charge in [-0.25, -0.2) is 13.8 Å². The number of imidazole rings is 1. The number of hydrogen-bond donors (Lipinski definition) is 1. The van der Waals surface area contributed by atoms with Gasteiger partial charge in [0, 0.05) is 107 Å². The molecule has 19 heteroatoms. The van der Waals surface area contributed by atoms with Crippen LogP contribution < -0.4 is 15.1 Å². The van der Waals surface area contributed by atoms with Crippen LogP contribution in [0.3, 0.4) is 0 Å². The quantitative estimate of drug-likeness (QED) is 0.222. The molecule has 2 aromatic carbocycles. The van der Waals surface area contributed by atoms with E-state index in [0.29, 0.717) is 94.3 Å². The van der Waals surface area contributed by atoms with Crippen LogP contribution >= 0.6 is 0 Å². The van der Waals surface area contributed by atoms with Crippen LogP contribution in [0.25, 0.3) is 16.8 Å². The minimum atomic E-state index is -2.76. The highest BCUT2D eigenvalue weighted by Gasteiger charge is 2.45. The van der Waals surface area contributed by atoms with Crippen molar-refractivity contribution in [1.82, 2.24) is 39.2 Å². The fourth-order valence-corrected chi connectivity index (χ4v) is 10.7. The standard InChI is InChI=1S/C48H48F2N10O7/c1-27(61)56-13-9-37-36(26-56)44(53-60(37)31-10-19-67-20-11-31)57-12-2-3-29-21-33(34(43(49)50)24-39(29)57)28-8-14-58-40(23-28)51-25-42(58)54-15-17-55(18-16-54)46(64)30-4-5-32-35(22-30)48(66)59(47(32)65)38-6-7-41(62)52-45(38)63/h4-5,8,14,21-25,31,38,43H,2-3,6-7,9-13,15-20,26H2,1H3,(H,52,62,63). The number of amides is 6. The number of rotatable bonds is 7. The molecule has 9 heterocycles. The third-order valence-electron chi connectivity index (χ3n) is 14.3. The summed E-state index contributed by atoms with van der Waals surface area (Å²) in [6.07, 6.45) is 4.72. The number of anilines is 3. The summed E-state index contributed by atoms with van der Waals surface area (Å²) in [5.41, 5.74) is 5.67. The van der Waals surface area contributed by atoms with Crippen molar-refractivity contribution in [1.29, 1.82) is 0 Å². The minimum Gasteiger partial charge on any atom is -0.381 e. The van der Waals surface area contributed by atoms with Crippen LogP contribution in [-0.2, 0) is 38.5 Å². The van der Waals surface area contributed by atoms with Crippen LogP contribution in [0, 0.1) is 0 Å². The molecule has 5 aromatic rings. The topological polar surface area (TPSA) is 175 Å². The molecule has 1 atom stereocenters. The maximum absolute atomic E-state index is 15.2. The van der Waals surface area contributed by atoms with E-state index in [1.165, 1.54) is 18.2 Å². The number of aryl methyl sites for hydroxylation is 1. The van der Waals surface area contributed by atoms with Crippen molar-refractivity contribution in [3.8, 4) is 11.1 Å². The molecule has 17 nitrogen and oxygen atoms in total. The van der Waals surface area contributed by atoms with Gasteiger partial charge in [0.15, 0.2) is 5.82 Å². The lowest BCUT2D eigenvalue weighted by molar-refractivity contribution is -0.136. The third-order valence-corrected chi connectivity index (χ3v) is 14.3. The largest absolute Gasteiger partial charge is 0.381 e. The van der Waals surface area contributed by atoms with E-state index < -0.39 is 36.1 Å². The Morgan fingerprint density at radius 1 is 0.836 bits per heavy atom. The number of aromatic nitrogens is 4.